The average Bonchev–Trinajstić information content (AvgIpc) is 3.35. The van der Waals surface area contributed by atoms with Crippen molar-refractivity contribution in [2.45, 2.75) is 297 Å². The van der Waals surface area contributed by atoms with E-state index in [9.17, 15) is 14.4 Å². The number of rotatable bonds is 53. The molecule has 0 amide bonds. The van der Waals surface area contributed by atoms with Gasteiger partial charge in [0.2, 0.25) is 0 Å². The highest BCUT2D eigenvalue weighted by Gasteiger charge is 2.19. The van der Waals surface area contributed by atoms with Gasteiger partial charge in [0.1, 0.15) is 13.2 Å². The third-order valence-electron chi connectivity index (χ3n) is 12.7. The molecule has 1 atom stereocenters. The van der Waals surface area contributed by atoms with Gasteiger partial charge in [-0.05, 0) is 109 Å². The molecule has 0 aromatic rings. The molecule has 0 fully saturated rings. The first-order valence-corrected chi connectivity index (χ1v) is 29.4. The minimum Gasteiger partial charge on any atom is -0.462 e. The molecule has 0 bridgehead atoms. The van der Waals surface area contributed by atoms with Crippen LogP contribution >= 0.6 is 0 Å². The highest BCUT2D eigenvalue weighted by Crippen LogP contribution is 2.15. The summed E-state index contributed by atoms with van der Waals surface area (Å²) >= 11 is 0. The van der Waals surface area contributed by atoms with Gasteiger partial charge in [-0.15, -0.1) is 0 Å². The van der Waals surface area contributed by atoms with Crippen molar-refractivity contribution in [2.75, 3.05) is 13.2 Å². The van der Waals surface area contributed by atoms with E-state index in [0.29, 0.717) is 19.3 Å². The van der Waals surface area contributed by atoms with E-state index < -0.39 is 6.10 Å². The normalized spacial score (nSPS) is 12.6. The van der Waals surface area contributed by atoms with Crippen LogP contribution in [0.2, 0.25) is 0 Å². The first-order chi connectivity index (χ1) is 34.0. The molecule has 0 aliphatic heterocycles. The van der Waals surface area contributed by atoms with Crippen LogP contribution in [0.15, 0.2) is 72.9 Å². The largest absolute Gasteiger partial charge is 0.462 e. The first-order valence-electron chi connectivity index (χ1n) is 29.4. The lowest BCUT2D eigenvalue weighted by Crippen LogP contribution is -2.30. The lowest BCUT2D eigenvalue weighted by Gasteiger charge is -2.18. The number of allylic oxidation sites excluding steroid dienone is 12. The summed E-state index contributed by atoms with van der Waals surface area (Å²) in [5, 5.41) is 0. The highest BCUT2D eigenvalue weighted by atomic mass is 16.6. The summed E-state index contributed by atoms with van der Waals surface area (Å²) in [6.45, 7) is 6.49. The summed E-state index contributed by atoms with van der Waals surface area (Å²) in [5.74, 6) is -0.938. The van der Waals surface area contributed by atoms with Crippen LogP contribution in [0.5, 0.6) is 0 Å². The molecular formula is C63H110O6. The van der Waals surface area contributed by atoms with Gasteiger partial charge in [0.25, 0.3) is 0 Å². The van der Waals surface area contributed by atoms with Crippen molar-refractivity contribution >= 4 is 17.9 Å². The predicted molar refractivity (Wildman–Crippen MR) is 298 cm³/mol. The molecule has 398 valence electrons. The van der Waals surface area contributed by atoms with Gasteiger partial charge in [-0.1, -0.05) is 235 Å². The van der Waals surface area contributed by atoms with Crippen molar-refractivity contribution in [2.24, 2.45) is 0 Å². The smallest absolute Gasteiger partial charge is 0.306 e. The zero-order valence-corrected chi connectivity index (χ0v) is 45.6. The second-order valence-electron chi connectivity index (χ2n) is 19.5. The van der Waals surface area contributed by atoms with Crippen LogP contribution in [0.3, 0.4) is 0 Å². The molecule has 6 nitrogen and oxygen atoms in total. The maximum absolute atomic E-state index is 12.8. The first kappa shape index (κ1) is 65.8. The number of ether oxygens (including phenoxy) is 3. The Morgan fingerprint density at radius 3 is 0.942 bits per heavy atom. The average molecular weight is 964 g/mol. The van der Waals surface area contributed by atoms with E-state index in [2.05, 4.69) is 93.7 Å². The topological polar surface area (TPSA) is 78.9 Å². The summed E-state index contributed by atoms with van der Waals surface area (Å²) in [4.78, 5) is 38.1. The summed E-state index contributed by atoms with van der Waals surface area (Å²) < 4.78 is 16.8. The van der Waals surface area contributed by atoms with Crippen molar-refractivity contribution < 1.29 is 28.6 Å². The number of hydrogen-bond acceptors (Lipinski definition) is 6. The van der Waals surface area contributed by atoms with Crippen molar-refractivity contribution in [1.29, 1.82) is 0 Å². The van der Waals surface area contributed by atoms with Crippen LogP contribution in [0.4, 0.5) is 0 Å². The fourth-order valence-corrected chi connectivity index (χ4v) is 8.25. The van der Waals surface area contributed by atoms with E-state index in [1.54, 1.807) is 0 Å². The molecule has 0 aliphatic carbocycles. The molecule has 0 aromatic heterocycles. The summed E-state index contributed by atoms with van der Waals surface area (Å²) in [7, 11) is 0. The van der Waals surface area contributed by atoms with Crippen molar-refractivity contribution in [3.05, 3.63) is 72.9 Å². The maximum atomic E-state index is 12.8. The third kappa shape index (κ3) is 55.6. The van der Waals surface area contributed by atoms with Crippen LogP contribution in [-0.4, -0.2) is 37.2 Å². The summed E-state index contributed by atoms with van der Waals surface area (Å²) in [6, 6.07) is 0. The molecule has 0 spiro atoms. The zero-order chi connectivity index (χ0) is 50.0. The Balaban J connectivity index is 4.34. The van der Waals surface area contributed by atoms with E-state index in [0.717, 1.165) is 83.5 Å². The second kappa shape index (κ2) is 57.4. The fraction of sp³-hybridized carbons (Fsp3) is 0.762. The van der Waals surface area contributed by atoms with Gasteiger partial charge in [-0.25, -0.2) is 0 Å². The van der Waals surface area contributed by atoms with Gasteiger partial charge in [0, 0.05) is 19.3 Å². The second-order valence-corrected chi connectivity index (χ2v) is 19.5. The Bertz CT molecular complexity index is 1290. The molecule has 0 rings (SSSR count). The molecule has 0 radical (unpaired) electrons. The fourth-order valence-electron chi connectivity index (χ4n) is 8.25. The van der Waals surface area contributed by atoms with E-state index in [1.165, 1.54) is 161 Å². The minimum atomic E-state index is -0.800. The van der Waals surface area contributed by atoms with Crippen molar-refractivity contribution in [3.63, 3.8) is 0 Å². The van der Waals surface area contributed by atoms with E-state index in [4.69, 9.17) is 14.2 Å². The Morgan fingerprint density at radius 2 is 0.565 bits per heavy atom. The number of esters is 3. The van der Waals surface area contributed by atoms with Gasteiger partial charge >= 0.3 is 17.9 Å². The molecule has 0 aromatic carbocycles. The minimum absolute atomic E-state index is 0.0942. The Morgan fingerprint density at radius 1 is 0.304 bits per heavy atom. The molecule has 69 heavy (non-hydrogen) atoms. The number of unbranched alkanes of at least 4 members (excludes halogenated alkanes) is 30. The molecule has 0 heterocycles. The monoisotopic (exact) mass is 963 g/mol. The summed E-state index contributed by atoms with van der Waals surface area (Å²) in [5.41, 5.74) is 0. The molecule has 0 saturated heterocycles. The third-order valence-corrected chi connectivity index (χ3v) is 12.7. The van der Waals surface area contributed by atoms with Gasteiger partial charge in [-0.2, -0.15) is 0 Å². The van der Waals surface area contributed by atoms with Crippen LogP contribution in [0.1, 0.15) is 290 Å². The van der Waals surface area contributed by atoms with Gasteiger partial charge in [0.05, 0.1) is 0 Å². The number of carbonyl (C=O) groups is 3. The molecule has 0 saturated carbocycles. The van der Waals surface area contributed by atoms with E-state index in [-0.39, 0.29) is 37.5 Å². The van der Waals surface area contributed by atoms with Crippen LogP contribution in [0.25, 0.3) is 0 Å². The van der Waals surface area contributed by atoms with Gasteiger partial charge in [0.15, 0.2) is 6.10 Å². The van der Waals surface area contributed by atoms with Crippen LogP contribution in [0, 0.1) is 0 Å². The Labute approximate surface area is 427 Å². The van der Waals surface area contributed by atoms with Crippen molar-refractivity contribution in [3.8, 4) is 0 Å². The molecular weight excluding hydrogens is 853 g/mol. The molecule has 6 heteroatoms. The Kier molecular flexibility index (Phi) is 54.8. The predicted octanol–water partition coefficient (Wildman–Crippen LogP) is 19.8. The number of carbonyl (C=O) groups excluding carboxylic acids is 3. The quantitative estimate of drug-likeness (QED) is 0.0262. The molecule has 0 aliphatic rings. The van der Waals surface area contributed by atoms with E-state index >= 15 is 0 Å². The SMILES string of the molecule is CC/C=C\C/C=C\C/C=C\C/C=C\CCCCC(=O)OC(COC(=O)CCCCCCC/C=C\CCCCCC)COC(=O)CCCCCCCCCCCCC/C=C\CCCCCCCCCC. The Hall–Kier alpha value is -3.15. The van der Waals surface area contributed by atoms with Gasteiger partial charge < -0.3 is 14.2 Å². The summed E-state index contributed by atoms with van der Waals surface area (Å²) in [6.07, 6.45) is 73.3. The number of hydrogen-bond donors (Lipinski definition) is 0. The lowest BCUT2D eigenvalue weighted by molar-refractivity contribution is -0.167. The molecule has 1 unspecified atom stereocenters. The van der Waals surface area contributed by atoms with Crippen molar-refractivity contribution in [1.82, 2.24) is 0 Å². The van der Waals surface area contributed by atoms with Crippen LogP contribution < -0.4 is 0 Å². The highest BCUT2D eigenvalue weighted by molar-refractivity contribution is 5.71. The lowest BCUT2D eigenvalue weighted by atomic mass is 10.0. The van der Waals surface area contributed by atoms with Gasteiger partial charge in [-0.3, -0.25) is 14.4 Å². The van der Waals surface area contributed by atoms with Crippen LogP contribution in [-0.2, 0) is 28.6 Å². The maximum Gasteiger partial charge on any atom is 0.306 e. The molecule has 0 N–H and O–H groups in total. The zero-order valence-electron chi connectivity index (χ0n) is 45.6. The van der Waals surface area contributed by atoms with E-state index in [1.807, 2.05) is 0 Å². The standard InChI is InChI=1S/C63H110O6/c1-4-7-10-13-16-19-22-25-27-28-29-30-31-32-33-34-36-38-41-44-47-50-53-56-62(65)68-59-60(58-67-61(64)55-52-49-46-43-40-37-24-21-18-15-12-9-6-3)69-63(66)57-54-51-48-45-42-39-35-26-23-20-17-14-11-8-5-2/h8,11,17,20-21,24,26,28-29,35,42,45,60H,4-7,9-10,12-16,18-19,22-23,25,27,30-34,36-41,43-44,46-59H2,1-3H3/b11-8-,20-17-,24-21-,29-28-,35-26-,45-42-.